The zero-order valence-corrected chi connectivity index (χ0v) is 15.5. The Morgan fingerprint density at radius 2 is 2.25 bits per heavy atom. The summed E-state index contributed by atoms with van der Waals surface area (Å²) in [6.07, 6.45) is 0.763. The lowest BCUT2D eigenvalue weighted by Gasteiger charge is -2.20. The molecule has 1 aliphatic rings. The van der Waals surface area contributed by atoms with Crippen molar-refractivity contribution in [3.8, 4) is 5.75 Å². The number of ether oxygens (including phenoxy) is 1. The minimum Gasteiger partial charge on any atom is -0.434 e. The van der Waals surface area contributed by atoms with E-state index in [1.165, 1.54) is 30.3 Å². The van der Waals surface area contributed by atoms with Gasteiger partial charge in [0.1, 0.15) is 17.7 Å². The summed E-state index contributed by atoms with van der Waals surface area (Å²) < 4.78 is 38.7. The maximum atomic E-state index is 12.9. The predicted octanol–water partition coefficient (Wildman–Crippen LogP) is 4.94. The summed E-state index contributed by atoms with van der Waals surface area (Å²) in [5.74, 6) is -1.50. The summed E-state index contributed by atoms with van der Waals surface area (Å²) in [6, 6.07) is 8.45. The van der Waals surface area contributed by atoms with E-state index in [2.05, 4.69) is 10.1 Å². The molecule has 0 bridgehead atoms. The van der Waals surface area contributed by atoms with Crippen molar-refractivity contribution in [1.82, 2.24) is 0 Å². The normalized spacial score (nSPS) is 23.8. The Hall–Kier alpha value is -2.74. The average molecular weight is 412 g/mol. The highest BCUT2D eigenvalue weighted by Gasteiger charge is 2.52. The molecule has 0 aromatic heterocycles. The number of anilines is 1. The highest BCUT2D eigenvalue weighted by atomic mass is 35.5. The Balaban J connectivity index is 2.01. The van der Waals surface area contributed by atoms with Crippen molar-refractivity contribution in [2.75, 3.05) is 5.32 Å². The molecule has 0 amide bonds. The highest BCUT2D eigenvalue weighted by molar-refractivity contribution is 6.31. The molecule has 2 unspecified atom stereocenters. The van der Waals surface area contributed by atoms with Crippen LogP contribution in [0.4, 0.5) is 20.2 Å². The van der Waals surface area contributed by atoms with Gasteiger partial charge in [-0.25, -0.2) is 0 Å². The second-order valence-corrected chi connectivity index (χ2v) is 7.02. The van der Waals surface area contributed by atoms with Crippen molar-refractivity contribution in [2.45, 2.75) is 31.9 Å². The van der Waals surface area contributed by atoms with Gasteiger partial charge in [-0.1, -0.05) is 30.7 Å². The molecule has 1 fully saturated rings. The van der Waals surface area contributed by atoms with Gasteiger partial charge in [0.05, 0.1) is 4.92 Å². The minimum absolute atomic E-state index is 0.105. The third-order valence-corrected chi connectivity index (χ3v) is 5.06. The van der Waals surface area contributed by atoms with Crippen LogP contribution in [-0.4, -0.2) is 17.8 Å². The van der Waals surface area contributed by atoms with Crippen LogP contribution >= 0.6 is 11.6 Å². The van der Waals surface area contributed by atoms with Gasteiger partial charge in [-0.3, -0.25) is 10.1 Å². The van der Waals surface area contributed by atoms with Crippen LogP contribution < -0.4 is 10.1 Å². The molecule has 0 spiro atoms. The number of nitro groups is 1. The molecule has 2 atom stereocenters. The van der Waals surface area contributed by atoms with E-state index in [0.29, 0.717) is 17.4 Å². The van der Waals surface area contributed by atoms with E-state index in [4.69, 9.17) is 13.0 Å². The first-order chi connectivity index (χ1) is 13.6. The zero-order valence-electron chi connectivity index (χ0n) is 15.7. The molecule has 2 aromatic carbocycles. The topological polar surface area (TPSA) is 81.5 Å². The standard InChI is InChI=1S/C19H17ClF2N2O4/c1-19(8-11(19)10-25)14-3-2-4-17(28-18(21)22)13(14)9-23-15-7-12(20)5-6-16(15)24(26)27/h2-7,10-11,18,23H,8-9H2,1H3/i11D. The number of hydrogen-bond donors (Lipinski definition) is 1. The molecule has 6 nitrogen and oxygen atoms in total. The molecule has 1 aliphatic carbocycles. The number of nitrogens with one attached hydrogen (secondary N) is 1. The molecule has 3 rings (SSSR count). The number of aldehydes is 1. The lowest BCUT2D eigenvalue weighted by atomic mass is 9.90. The zero-order chi connectivity index (χ0) is 21.4. The van der Waals surface area contributed by atoms with Crippen LogP contribution in [0.3, 0.4) is 0 Å². The van der Waals surface area contributed by atoms with E-state index in [-0.39, 0.29) is 35.1 Å². The van der Waals surface area contributed by atoms with Crippen LogP contribution in [0.5, 0.6) is 5.75 Å². The third-order valence-electron chi connectivity index (χ3n) is 4.82. The van der Waals surface area contributed by atoms with Crippen molar-refractivity contribution < 1.29 is 24.6 Å². The minimum atomic E-state index is -3.08. The van der Waals surface area contributed by atoms with Crippen molar-refractivity contribution in [1.29, 1.82) is 0 Å². The Morgan fingerprint density at radius 3 is 2.86 bits per heavy atom. The van der Waals surface area contributed by atoms with E-state index in [1.807, 2.05) is 0 Å². The van der Waals surface area contributed by atoms with E-state index in [9.17, 15) is 23.7 Å². The Bertz CT molecular complexity index is 977. The number of hydrogen-bond acceptors (Lipinski definition) is 5. The van der Waals surface area contributed by atoms with Crippen molar-refractivity contribution in [3.05, 3.63) is 62.7 Å². The molecule has 0 heterocycles. The first-order valence-corrected chi connectivity index (χ1v) is 8.70. The summed E-state index contributed by atoms with van der Waals surface area (Å²) in [6.45, 7) is -1.49. The molecule has 1 saturated carbocycles. The molecule has 9 heteroatoms. The number of carbonyl (C=O) groups excluding carboxylic acids is 1. The van der Waals surface area contributed by atoms with Crippen LogP contribution in [0.1, 0.15) is 25.8 Å². The lowest BCUT2D eigenvalue weighted by molar-refractivity contribution is -0.384. The molecule has 0 radical (unpaired) electrons. The summed E-state index contributed by atoms with van der Waals surface area (Å²) in [7, 11) is 0. The van der Waals surface area contributed by atoms with E-state index in [1.54, 1.807) is 13.0 Å². The first kappa shape index (κ1) is 18.6. The van der Waals surface area contributed by atoms with Gasteiger partial charge in [-0.05, 0) is 30.2 Å². The van der Waals surface area contributed by atoms with Crippen LogP contribution in [0.15, 0.2) is 36.4 Å². The monoisotopic (exact) mass is 411 g/mol. The predicted molar refractivity (Wildman–Crippen MR) is 100 cm³/mol. The Labute approximate surface area is 166 Å². The molecule has 0 saturated heterocycles. The van der Waals surface area contributed by atoms with Crippen molar-refractivity contribution in [2.24, 2.45) is 5.89 Å². The fourth-order valence-electron chi connectivity index (χ4n) is 3.24. The molecule has 28 heavy (non-hydrogen) atoms. The summed E-state index contributed by atoms with van der Waals surface area (Å²) in [5, 5.41) is 14.4. The smallest absolute Gasteiger partial charge is 0.387 e. The van der Waals surface area contributed by atoms with Gasteiger partial charge in [0, 0.05) is 35.9 Å². The van der Waals surface area contributed by atoms with Gasteiger partial charge < -0.3 is 14.8 Å². The SMILES string of the molecule is [2H]C1(C=O)CC1(C)c1cccc(OC(F)F)c1CNc1cc(Cl)ccc1[N+](=O)[O-]. The van der Waals surface area contributed by atoms with Gasteiger partial charge in [-0.2, -0.15) is 8.78 Å². The number of alkyl halides is 2. The number of rotatable bonds is 8. The van der Waals surface area contributed by atoms with Crippen LogP contribution in [0.2, 0.25) is 5.02 Å². The molecule has 148 valence electrons. The van der Waals surface area contributed by atoms with E-state index < -0.39 is 22.8 Å². The Morgan fingerprint density at radius 1 is 1.50 bits per heavy atom. The number of nitro benzene ring substituents is 1. The third kappa shape index (κ3) is 3.91. The maximum absolute atomic E-state index is 12.9. The molecule has 0 aliphatic heterocycles. The quantitative estimate of drug-likeness (QED) is 0.378. The van der Waals surface area contributed by atoms with Gasteiger partial charge >= 0.3 is 6.61 Å². The van der Waals surface area contributed by atoms with E-state index in [0.717, 1.165) is 0 Å². The summed E-state index contributed by atoms with van der Waals surface area (Å²) >= 11 is 5.92. The van der Waals surface area contributed by atoms with Crippen LogP contribution in [0, 0.1) is 16.0 Å². The largest absolute Gasteiger partial charge is 0.434 e. The van der Waals surface area contributed by atoms with E-state index >= 15 is 0 Å². The average Bonchev–Trinajstić information content (AvgIpc) is 3.22. The van der Waals surface area contributed by atoms with Gasteiger partial charge in [0.25, 0.3) is 5.69 Å². The number of carbonyl (C=O) groups is 1. The molecular weight excluding hydrogens is 394 g/mol. The number of halogens is 3. The summed E-state index contributed by atoms with van der Waals surface area (Å²) in [4.78, 5) is 22.0. The molecule has 2 aromatic rings. The highest BCUT2D eigenvalue weighted by Crippen LogP contribution is 2.54. The lowest BCUT2D eigenvalue weighted by Crippen LogP contribution is -2.15. The van der Waals surface area contributed by atoms with Crippen LogP contribution in [0.25, 0.3) is 0 Å². The second-order valence-electron chi connectivity index (χ2n) is 6.58. The summed E-state index contributed by atoms with van der Waals surface area (Å²) in [5.41, 5.74) is -0.221. The van der Waals surface area contributed by atoms with Crippen LogP contribution in [-0.2, 0) is 16.8 Å². The Kier molecular flexibility index (Phi) is 5.13. The van der Waals surface area contributed by atoms with Crippen molar-refractivity contribution >= 4 is 29.3 Å². The van der Waals surface area contributed by atoms with Crippen molar-refractivity contribution in [3.63, 3.8) is 0 Å². The maximum Gasteiger partial charge on any atom is 0.387 e. The molecule has 1 N–H and O–H groups in total. The number of nitrogens with zero attached hydrogens (tertiary/aromatic N) is 1. The van der Waals surface area contributed by atoms with Gasteiger partial charge in [-0.15, -0.1) is 0 Å². The second kappa shape index (κ2) is 7.71. The fraction of sp³-hybridized carbons (Fsp3) is 0.316. The first-order valence-electron chi connectivity index (χ1n) is 8.82. The van der Waals surface area contributed by atoms with Gasteiger partial charge in [0.15, 0.2) is 0 Å². The fourth-order valence-corrected chi connectivity index (χ4v) is 3.41. The number of benzene rings is 2. The van der Waals surface area contributed by atoms with Gasteiger partial charge in [0.2, 0.25) is 0 Å². The molecular formula is C19H17ClF2N2O4.